The molecular weight excluding hydrogens is 346 g/mol. The summed E-state index contributed by atoms with van der Waals surface area (Å²) in [7, 11) is -3.74. The number of benzene rings is 2. The van der Waals surface area contributed by atoms with E-state index in [2.05, 4.69) is 20.7 Å². The van der Waals surface area contributed by atoms with Crippen molar-refractivity contribution in [2.45, 2.75) is 4.90 Å². The van der Waals surface area contributed by atoms with Gasteiger partial charge in [0.15, 0.2) is 0 Å². The molecule has 0 aliphatic carbocycles. The van der Waals surface area contributed by atoms with E-state index in [0.29, 0.717) is 4.47 Å². The van der Waals surface area contributed by atoms with Crippen LogP contribution in [-0.4, -0.2) is 14.4 Å². The molecule has 2 aromatic carbocycles. The average Bonchev–Trinajstić information content (AvgIpc) is 2.39. The number of hydrogen-bond acceptors (Lipinski definition) is 4. The molecule has 0 aromatic heterocycles. The van der Waals surface area contributed by atoms with Crippen molar-refractivity contribution in [1.29, 1.82) is 0 Å². The van der Waals surface area contributed by atoms with Gasteiger partial charge in [-0.25, -0.2) is 8.42 Å². The second kappa shape index (κ2) is 5.64. The summed E-state index contributed by atoms with van der Waals surface area (Å²) in [6.07, 6.45) is 0. The Kier molecular flexibility index (Phi) is 4.10. The Morgan fingerprint density at radius 2 is 1.65 bits per heavy atom. The van der Waals surface area contributed by atoms with Crippen LogP contribution in [0.1, 0.15) is 10.4 Å². The molecule has 5 nitrogen and oxygen atoms in total. The number of carboxylic acids is 1. The molecule has 0 spiro atoms. The number of anilines is 1. The maximum atomic E-state index is 12.2. The van der Waals surface area contributed by atoms with Crippen LogP contribution >= 0.6 is 15.9 Å². The number of carbonyl (C=O) groups is 1. The van der Waals surface area contributed by atoms with Gasteiger partial charge in [-0.05, 0) is 45.8 Å². The zero-order chi connectivity index (χ0) is 14.8. The third kappa shape index (κ3) is 3.17. The van der Waals surface area contributed by atoms with E-state index in [4.69, 9.17) is 0 Å². The molecule has 0 atom stereocenters. The van der Waals surface area contributed by atoms with Gasteiger partial charge in [0.2, 0.25) is 0 Å². The van der Waals surface area contributed by atoms with E-state index in [-0.39, 0.29) is 16.1 Å². The second-order valence-corrected chi connectivity index (χ2v) is 6.41. The Morgan fingerprint density at radius 3 is 2.20 bits per heavy atom. The molecule has 104 valence electrons. The van der Waals surface area contributed by atoms with Gasteiger partial charge >= 0.3 is 0 Å². The predicted molar refractivity (Wildman–Crippen MR) is 75.7 cm³/mol. The van der Waals surface area contributed by atoms with Crippen LogP contribution in [0, 0.1) is 0 Å². The summed E-state index contributed by atoms with van der Waals surface area (Å²) in [5, 5.41) is 10.6. The van der Waals surface area contributed by atoms with Crippen LogP contribution in [0.15, 0.2) is 57.9 Å². The Balaban J connectivity index is 2.29. The van der Waals surface area contributed by atoms with Crippen LogP contribution in [0.5, 0.6) is 0 Å². The minimum absolute atomic E-state index is 0.0196. The molecule has 0 amide bonds. The SMILES string of the molecule is O=C([O-])c1ccc(NS(=O)(=O)c2ccccc2Br)cc1. The summed E-state index contributed by atoms with van der Waals surface area (Å²) < 4.78 is 27.2. The van der Waals surface area contributed by atoms with Gasteiger partial charge in [-0.1, -0.05) is 24.3 Å². The molecule has 0 fully saturated rings. The average molecular weight is 355 g/mol. The minimum Gasteiger partial charge on any atom is -0.545 e. The molecule has 0 unspecified atom stereocenters. The van der Waals surface area contributed by atoms with Crippen LogP contribution in [0.2, 0.25) is 0 Å². The van der Waals surface area contributed by atoms with Crippen molar-refractivity contribution in [3.8, 4) is 0 Å². The summed E-state index contributed by atoms with van der Waals surface area (Å²) in [5.41, 5.74) is 0.250. The lowest BCUT2D eigenvalue weighted by Crippen LogP contribution is -2.22. The Morgan fingerprint density at radius 1 is 1.05 bits per heavy atom. The largest absolute Gasteiger partial charge is 0.545 e. The highest BCUT2D eigenvalue weighted by Gasteiger charge is 2.16. The quantitative estimate of drug-likeness (QED) is 0.903. The van der Waals surface area contributed by atoms with Crippen molar-refractivity contribution in [1.82, 2.24) is 0 Å². The smallest absolute Gasteiger partial charge is 0.263 e. The Hall–Kier alpha value is -1.86. The molecule has 0 bridgehead atoms. The first-order valence-electron chi connectivity index (χ1n) is 5.49. The molecule has 0 saturated heterocycles. The summed E-state index contributed by atoms with van der Waals surface area (Å²) in [4.78, 5) is 10.7. The van der Waals surface area contributed by atoms with Gasteiger partial charge in [-0.2, -0.15) is 0 Å². The van der Waals surface area contributed by atoms with Crippen molar-refractivity contribution in [2.24, 2.45) is 0 Å². The minimum atomic E-state index is -3.74. The molecule has 2 aromatic rings. The first-order valence-corrected chi connectivity index (χ1v) is 7.76. The van der Waals surface area contributed by atoms with Crippen molar-refractivity contribution in [3.63, 3.8) is 0 Å². The van der Waals surface area contributed by atoms with Crippen LogP contribution in [-0.2, 0) is 10.0 Å². The first-order chi connectivity index (χ1) is 9.40. The summed E-state index contributed by atoms with van der Waals surface area (Å²) in [5.74, 6) is -1.31. The molecule has 20 heavy (non-hydrogen) atoms. The maximum Gasteiger partial charge on any atom is 0.263 e. The van der Waals surface area contributed by atoms with Crippen LogP contribution in [0.4, 0.5) is 5.69 Å². The van der Waals surface area contributed by atoms with E-state index in [0.717, 1.165) is 0 Å². The monoisotopic (exact) mass is 354 g/mol. The van der Waals surface area contributed by atoms with Gasteiger partial charge in [-0.15, -0.1) is 0 Å². The number of sulfonamides is 1. The third-order valence-corrected chi connectivity index (χ3v) is 4.89. The molecule has 7 heteroatoms. The molecular formula is C13H9BrNO4S-. The van der Waals surface area contributed by atoms with Gasteiger partial charge < -0.3 is 9.90 Å². The lowest BCUT2D eigenvalue weighted by molar-refractivity contribution is -0.255. The fraction of sp³-hybridized carbons (Fsp3) is 0. The molecule has 2 rings (SSSR count). The zero-order valence-corrected chi connectivity index (χ0v) is 12.4. The van der Waals surface area contributed by atoms with Crippen molar-refractivity contribution >= 4 is 37.6 Å². The molecule has 0 radical (unpaired) electrons. The predicted octanol–water partition coefficient (Wildman–Crippen LogP) is 1.61. The highest BCUT2D eigenvalue weighted by atomic mass is 79.9. The first kappa shape index (κ1) is 14.5. The standard InChI is InChI=1S/C13H10BrNO4S/c14-11-3-1-2-4-12(11)20(18,19)15-10-7-5-9(6-8-10)13(16)17/h1-8,15H,(H,16,17)/p-1. The van der Waals surface area contributed by atoms with Gasteiger partial charge in [0, 0.05) is 10.2 Å². The molecule has 1 N–H and O–H groups in total. The van der Waals surface area contributed by atoms with E-state index in [1.165, 1.54) is 30.3 Å². The number of halogens is 1. The summed E-state index contributed by atoms with van der Waals surface area (Å²) >= 11 is 3.17. The number of aromatic carboxylic acids is 1. The normalized spacial score (nSPS) is 11.1. The van der Waals surface area contributed by atoms with E-state index in [1.807, 2.05) is 0 Å². The van der Waals surface area contributed by atoms with E-state index < -0.39 is 16.0 Å². The Bertz CT molecular complexity index is 741. The second-order valence-electron chi connectivity index (χ2n) is 3.90. The lowest BCUT2D eigenvalue weighted by atomic mass is 10.2. The van der Waals surface area contributed by atoms with Gasteiger partial charge in [-0.3, -0.25) is 4.72 Å². The highest BCUT2D eigenvalue weighted by Crippen LogP contribution is 2.23. The van der Waals surface area contributed by atoms with Crippen molar-refractivity contribution in [3.05, 3.63) is 58.6 Å². The van der Waals surface area contributed by atoms with Gasteiger partial charge in [0.1, 0.15) is 4.90 Å². The fourth-order valence-corrected chi connectivity index (χ4v) is 3.61. The summed E-state index contributed by atoms with van der Waals surface area (Å²) in [6, 6.07) is 11.7. The lowest BCUT2D eigenvalue weighted by Gasteiger charge is -2.10. The molecule has 0 aliphatic heterocycles. The molecule has 0 saturated carbocycles. The van der Waals surface area contributed by atoms with Crippen LogP contribution < -0.4 is 9.83 Å². The van der Waals surface area contributed by atoms with Gasteiger partial charge in [0.25, 0.3) is 10.0 Å². The molecule has 0 aliphatic rings. The van der Waals surface area contributed by atoms with Crippen molar-refractivity contribution < 1.29 is 18.3 Å². The number of carboxylic acid groups (broad SMARTS) is 1. The van der Waals surface area contributed by atoms with Crippen molar-refractivity contribution in [2.75, 3.05) is 4.72 Å². The number of hydrogen-bond donors (Lipinski definition) is 1. The number of carbonyl (C=O) groups excluding carboxylic acids is 1. The van der Waals surface area contributed by atoms with Crippen LogP contribution in [0.25, 0.3) is 0 Å². The third-order valence-electron chi connectivity index (χ3n) is 2.50. The number of rotatable bonds is 4. The van der Waals surface area contributed by atoms with E-state index >= 15 is 0 Å². The van der Waals surface area contributed by atoms with E-state index in [9.17, 15) is 18.3 Å². The maximum absolute atomic E-state index is 12.2. The number of nitrogens with one attached hydrogen (secondary N) is 1. The molecule has 0 heterocycles. The fourth-order valence-electron chi connectivity index (χ4n) is 1.55. The Labute approximate surface area is 124 Å². The highest BCUT2D eigenvalue weighted by molar-refractivity contribution is 9.10. The summed E-state index contributed by atoms with van der Waals surface area (Å²) in [6.45, 7) is 0. The topological polar surface area (TPSA) is 86.3 Å². The van der Waals surface area contributed by atoms with E-state index in [1.54, 1.807) is 18.2 Å². The zero-order valence-electron chi connectivity index (χ0n) is 10.0. The van der Waals surface area contributed by atoms with Gasteiger partial charge in [0.05, 0.1) is 5.97 Å². The van der Waals surface area contributed by atoms with Crippen LogP contribution in [0.3, 0.4) is 0 Å².